The molecule has 0 atom stereocenters. The fraction of sp³-hybridized carbons (Fsp3) is 0.0667. The van der Waals surface area contributed by atoms with Crippen molar-refractivity contribution < 1.29 is 9.63 Å². The Morgan fingerprint density at radius 2 is 1.86 bits per heavy atom. The predicted molar refractivity (Wildman–Crippen MR) is 83.9 cm³/mol. The molecule has 4 nitrogen and oxygen atoms in total. The molecule has 0 aliphatic carbocycles. The van der Waals surface area contributed by atoms with E-state index in [4.69, 9.17) is 28.0 Å². The van der Waals surface area contributed by atoms with Gasteiger partial charge in [-0.25, -0.2) is 4.79 Å². The smallest absolute Gasteiger partial charge is 0.336 e. The van der Waals surface area contributed by atoms with Gasteiger partial charge in [0.05, 0.1) is 10.6 Å². The van der Waals surface area contributed by atoms with Crippen LogP contribution >= 0.6 is 23.2 Å². The molecule has 0 amide bonds. The van der Waals surface area contributed by atoms with Gasteiger partial charge in [-0.2, -0.15) is 5.48 Å². The highest BCUT2D eigenvalue weighted by Gasteiger charge is 2.12. The third-order valence-electron chi connectivity index (χ3n) is 2.66. The Morgan fingerprint density at radius 1 is 1.14 bits per heavy atom. The van der Waals surface area contributed by atoms with E-state index >= 15 is 0 Å². The largest absolute Gasteiger partial charge is 0.362 e. The number of carbonyl (C=O) groups excluding carboxylic acids is 1. The highest BCUT2D eigenvalue weighted by molar-refractivity contribution is 6.36. The Morgan fingerprint density at radius 3 is 2.48 bits per heavy atom. The molecule has 2 aromatic carbocycles. The lowest BCUT2D eigenvalue weighted by Gasteiger charge is -2.11. The van der Waals surface area contributed by atoms with Gasteiger partial charge in [0, 0.05) is 17.6 Å². The first-order valence-corrected chi connectivity index (χ1v) is 6.82. The molecule has 0 saturated heterocycles. The van der Waals surface area contributed by atoms with Crippen molar-refractivity contribution >= 4 is 35.0 Å². The molecule has 0 saturated carbocycles. The topological polar surface area (TPSA) is 50.7 Å². The van der Waals surface area contributed by atoms with Crippen molar-refractivity contribution in [3.8, 4) is 0 Å². The van der Waals surface area contributed by atoms with Crippen LogP contribution in [0.5, 0.6) is 0 Å². The van der Waals surface area contributed by atoms with Gasteiger partial charge in [-0.05, 0) is 30.3 Å². The minimum absolute atomic E-state index is 0.334. The van der Waals surface area contributed by atoms with Gasteiger partial charge in [-0.15, -0.1) is 0 Å². The second kappa shape index (κ2) is 7.11. The van der Waals surface area contributed by atoms with Gasteiger partial charge in [0.15, 0.2) is 5.84 Å². The predicted octanol–water partition coefficient (Wildman–Crippen LogP) is 3.73. The Bertz CT molecular complexity index is 673. The van der Waals surface area contributed by atoms with Gasteiger partial charge in [0.25, 0.3) is 0 Å². The fourth-order valence-corrected chi connectivity index (χ4v) is 2.13. The number of nitrogens with one attached hydrogen (secondary N) is 1. The van der Waals surface area contributed by atoms with Crippen LogP contribution in [0.25, 0.3) is 0 Å². The first kappa shape index (κ1) is 15.4. The molecule has 2 rings (SSSR count). The maximum Gasteiger partial charge on any atom is 0.362 e. The normalized spacial score (nSPS) is 11.1. The molecule has 0 aliphatic rings. The molecular weight excluding hydrogens is 311 g/mol. The van der Waals surface area contributed by atoms with Gasteiger partial charge in [-0.1, -0.05) is 41.4 Å². The minimum atomic E-state index is -0.512. The molecule has 21 heavy (non-hydrogen) atoms. The van der Waals surface area contributed by atoms with E-state index < -0.39 is 5.97 Å². The maximum atomic E-state index is 11.8. The number of benzene rings is 2. The Hall–Kier alpha value is -2.04. The number of halogens is 2. The number of amidine groups is 1. The molecule has 0 bridgehead atoms. The summed E-state index contributed by atoms with van der Waals surface area (Å²) in [5.41, 5.74) is 3.54. The summed E-state index contributed by atoms with van der Waals surface area (Å²) in [6, 6.07) is 13.6. The number of hydroxylamine groups is 1. The molecule has 0 unspecified atom stereocenters. The molecule has 0 radical (unpaired) electrons. The van der Waals surface area contributed by atoms with Crippen molar-refractivity contribution in [2.45, 2.75) is 0 Å². The van der Waals surface area contributed by atoms with Crippen molar-refractivity contribution in [1.29, 1.82) is 0 Å². The average Bonchev–Trinajstić information content (AvgIpc) is 2.50. The van der Waals surface area contributed by atoms with E-state index in [0.29, 0.717) is 27.0 Å². The summed E-state index contributed by atoms with van der Waals surface area (Å²) in [5.74, 6) is -0.178. The number of rotatable bonds is 2. The molecule has 0 aromatic heterocycles. The van der Waals surface area contributed by atoms with Gasteiger partial charge < -0.3 is 4.84 Å². The maximum absolute atomic E-state index is 11.8. The van der Waals surface area contributed by atoms with Crippen LogP contribution in [0, 0.1) is 0 Å². The van der Waals surface area contributed by atoms with Crippen LogP contribution in [0.15, 0.2) is 53.5 Å². The van der Waals surface area contributed by atoms with E-state index in [-0.39, 0.29) is 0 Å². The van der Waals surface area contributed by atoms with Crippen LogP contribution in [-0.4, -0.2) is 18.9 Å². The molecule has 0 fully saturated rings. The quantitative estimate of drug-likeness (QED) is 0.520. The average molecular weight is 323 g/mol. The Balaban J connectivity index is 2.09. The first-order chi connectivity index (χ1) is 10.1. The SMILES string of the molecule is CN=C(NOC(=O)c1ccccc1)c1ccc(Cl)cc1Cl. The van der Waals surface area contributed by atoms with Crippen LogP contribution in [0.3, 0.4) is 0 Å². The van der Waals surface area contributed by atoms with Crippen molar-refractivity contribution in [2.24, 2.45) is 4.99 Å². The van der Waals surface area contributed by atoms with Crippen molar-refractivity contribution in [3.63, 3.8) is 0 Å². The van der Waals surface area contributed by atoms with E-state index in [2.05, 4.69) is 10.5 Å². The molecule has 1 N–H and O–H groups in total. The fourth-order valence-electron chi connectivity index (χ4n) is 1.63. The van der Waals surface area contributed by atoms with Crippen LogP contribution < -0.4 is 5.48 Å². The Labute approximate surface area is 132 Å². The summed E-state index contributed by atoms with van der Waals surface area (Å²) in [7, 11) is 1.56. The molecule has 0 spiro atoms. The summed E-state index contributed by atoms with van der Waals surface area (Å²) < 4.78 is 0. The van der Waals surface area contributed by atoms with Crippen LogP contribution in [0.4, 0.5) is 0 Å². The van der Waals surface area contributed by atoms with E-state index in [0.717, 1.165) is 0 Å². The molecule has 0 aliphatic heterocycles. The van der Waals surface area contributed by atoms with E-state index in [1.807, 2.05) is 6.07 Å². The number of hydrogen-bond donors (Lipinski definition) is 1. The van der Waals surface area contributed by atoms with Crippen molar-refractivity contribution in [1.82, 2.24) is 5.48 Å². The van der Waals surface area contributed by atoms with Crippen molar-refractivity contribution in [3.05, 3.63) is 69.7 Å². The van der Waals surface area contributed by atoms with Gasteiger partial charge in [0.1, 0.15) is 0 Å². The van der Waals surface area contributed by atoms with Gasteiger partial charge in [-0.3, -0.25) is 4.99 Å². The molecule has 108 valence electrons. The standard InChI is InChI=1S/C15H12Cl2N2O2/c1-18-14(12-8-7-11(16)9-13(12)17)19-21-15(20)10-5-3-2-4-6-10/h2-9H,1H3,(H,18,19). The number of nitrogens with zero attached hydrogens (tertiary/aromatic N) is 1. The highest BCUT2D eigenvalue weighted by atomic mass is 35.5. The minimum Gasteiger partial charge on any atom is -0.336 e. The third kappa shape index (κ3) is 3.97. The van der Waals surface area contributed by atoms with Crippen LogP contribution in [-0.2, 0) is 4.84 Å². The number of aliphatic imine (C=N–C) groups is 1. The van der Waals surface area contributed by atoms with E-state index in [1.54, 1.807) is 49.5 Å². The second-order valence-electron chi connectivity index (χ2n) is 4.05. The summed E-state index contributed by atoms with van der Waals surface area (Å²) in [5, 5.41) is 0.923. The monoisotopic (exact) mass is 322 g/mol. The lowest BCUT2D eigenvalue weighted by molar-refractivity contribution is 0.0387. The summed E-state index contributed by atoms with van der Waals surface area (Å²) in [6.07, 6.45) is 0. The lowest BCUT2D eigenvalue weighted by atomic mass is 10.2. The Kier molecular flexibility index (Phi) is 5.20. The molecule has 0 heterocycles. The zero-order valence-electron chi connectivity index (χ0n) is 11.1. The second-order valence-corrected chi connectivity index (χ2v) is 4.90. The third-order valence-corrected chi connectivity index (χ3v) is 3.21. The first-order valence-electron chi connectivity index (χ1n) is 6.06. The number of hydrogen-bond acceptors (Lipinski definition) is 3. The summed E-state index contributed by atoms with van der Waals surface area (Å²) in [4.78, 5) is 20.9. The molecular formula is C15H12Cl2N2O2. The highest BCUT2D eigenvalue weighted by Crippen LogP contribution is 2.21. The zero-order chi connectivity index (χ0) is 15.2. The lowest BCUT2D eigenvalue weighted by Crippen LogP contribution is -2.28. The molecule has 6 heteroatoms. The zero-order valence-corrected chi connectivity index (χ0v) is 12.7. The summed E-state index contributed by atoms with van der Waals surface area (Å²) >= 11 is 11.9. The van der Waals surface area contributed by atoms with E-state index in [9.17, 15) is 4.79 Å². The van der Waals surface area contributed by atoms with Gasteiger partial charge in [0.2, 0.25) is 0 Å². The van der Waals surface area contributed by atoms with E-state index in [1.165, 1.54) is 0 Å². The van der Waals surface area contributed by atoms with Gasteiger partial charge >= 0.3 is 5.97 Å². The van der Waals surface area contributed by atoms with Crippen LogP contribution in [0.2, 0.25) is 10.0 Å². The summed E-state index contributed by atoms with van der Waals surface area (Å²) in [6.45, 7) is 0. The molecule has 2 aromatic rings. The number of carbonyl (C=O) groups is 1. The van der Waals surface area contributed by atoms with Crippen LogP contribution in [0.1, 0.15) is 15.9 Å². The van der Waals surface area contributed by atoms with Crippen molar-refractivity contribution in [2.75, 3.05) is 7.05 Å².